The molecule has 0 unspecified atom stereocenters. The summed E-state index contributed by atoms with van der Waals surface area (Å²) < 4.78 is 5.46. The molecule has 3 heterocycles. The second-order valence-corrected chi connectivity index (χ2v) is 10.4. The van der Waals surface area contributed by atoms with Crippen molar-refractivity contribution in [2.24, 2.45) is 5.41 Å². The number of carbonyl (C=O) groups excluding carboxylic acids is 2. The van der Waals surface area contributed by atoms with Gasteiger partial charge in [-0.3, -0.25) is 14.5 Å². The molecule has 0 atom stereocenters. The smallest absolute Gasteiger partial charge is 0.270 e. The average Bonchev–Trinajstić information content (AvgIpc) is 3.38. The molecule has 1 amide bonds. The molecule has 0 saturated carbocycles. The molecule has 0 bridgehead atoms. The van der Waals surface area contributed by atoms with E-state index in [-0.39, 0.29) is 17.1 Å². The molecular formula is C26H31N5O3. The summed E-state index contributed by atoms with van der Waals surface area (Å²) in [7, 11) is 0. The Morgan fingerprint density at radius 3 is 2.50 bits per heavy atom. The van der Waals surface area contributed by atoms with E-state index in [9.17, 15) is 9.59 Å². The third-order valence-corrected chi connectivity index (χ3v) is 6.91. The van der Waals surface area contributed by atoms with Gasteiger partial charge in [0.1, 0.15) is 5.69 Å². The zero-order valence-electron chi connectivity index (χ0n) is 20.3. The summed E-state index contributed by atoms with van der Waals surface area (Å²) in [5.74, 6) is 1.27. The van der Waals surface area contributed by atoms with Gasteiger partial charge in [0.25, 0.3) is 5.91 Å². The van der Waals surface area contributed by atoms with E-state index in [2.05, 4.69) is 33.9 Å². The van der Waals surface area contributed by atoms with Crippen LogP contribution in [0.3, 0.4) is 0 Å². The van der Waals surface area contributed by atoms with Crippen LogP contribution in [0.2, 0.25) is 0 Å². The highest BCUT2D eigenvalue weighted by atomic mass is 16.5. The fourth-order valence-corrected chi connectivity index (χ4v) is 5.04. The molecule has 2 aliphatic rings. The number of ketones is 1. The SMILES string of the molecule is Cc1ccc(-c2noc(CN3CCN(C(=O)c4[nH]c5c(c4C)C(=O)CC(C)(C)C5)CC3)n2)cc1. The van der Waals surface area contributed by atoms with Crippen molar-refractivity contribution in [1.29, 1.82) is 0 Å². The number of aromatic nitrogens is 3. The number of H-pyrrole nitrogens is 1. The summed E-state index contributed by atoms with van der Waals surface area (Å²) in [5.41, 5.74) is 5.01. The van der Waals surface area contributed by atoms with Crippen molar-refractivity contribution in [2.45, 2.75) is 47.1 Å². The first-order chi connectivity index (χ1) is 16.2. The summed E-state index contributed by atoms with van der Waals surface area (Å²) in [6, 6.07) is 8.04. The van der Waals surface area contributed by atoms with Crippen LogP contribution in [0.1, 0.15) is 63.8 Å². The third kappa shape index (κ3) is 4.30. The minimum absolute atomic E-state index is 0.0309. The number of nitrogens with one attached hydrogen (secondary N) is 1. The van der Waals surface area contributed by atoms with E-state index in [1.54, 1.807) is 0 Å². The van der Waals surface area contributed by atoms with Crippen LogP contribution in [0.5, 0.6) is 0 Å². The maximum Gasteiger partial charge on any atom is 0.270 e. The highest BCUT2D eigenvalue weighted by Gasteiger charge is 2.36. The van der Waals surface area contributed by atoms with Crippen molar-refractivity contribution < 1.29 is 14.1 Å². The van der Waals surface area contributed by atoms with Crippen molar-refractivity contribution in [3.63, 3.8) is 0 Å². The average molecular weight is 462 g/mol. The number of carbonyl (C=O) groups is 2. The minimum atomic E-state index is -0.0820. The Morgan fingerprint density at radius 1 is 1.09 bits per heavy atom. The van der Waals surface area contributed by atoms with Crippen LogP contribution in [-0.2, 0) is 13.0 Å². The highest BCUT2D eigenvalue weighted by molar-refractivity contribution is 6.04. The number of fused-ring (bicyclic) bond motifs is 1. The van der Waals surface area contributed by atoms with Gasteiger partial charge in [-0.2, -0.15) is 4.98 Å². The standard InChI is InChI=1S/C26H31N5O3/c1-16-5-7-18(8-6-16)24-28-21(34-29-24)15-30-9-11-31(12-10-30)25(33)23-17(2)22-19(27-23)13-26(3,4)14-20(22)32/h5-8,27H,9-15H2,1-4H3. The number of hydrogen-bond acceptors (Lipinski definition) is 6. The van der Waals surface area contributed by atoms with Crippen molar-refractivity contribution in [2.75, 3.05) is 26.2 Å². The number of benzene rings is 1. The van der Waals surface area contributed by atoms with Crippen LogP contribution in [-0.4, -0.2) is 62.8 Å². The van der Waals surface area contributed by atoms with E-state index < -0.39 is 0 Å². The Balaban J connectivity index is 1.21. The number of hydrogen-bond donors (Lipinski definition) is 1. The largest absolute Gasteiger partial charge is 0.354 e. The molecule has 34 heavy (non-hydrogen) atoms. The van der Waals surface area contributed by atoms with Crippen LogP contribution < -0.4 is 0 Å². The summed E-state index contributed by atoms with van der Waals surface area (Å²) in [6.45, 7) is 11.3. The maximum atomic E-state index is 13.3. The summed E-state index contributed by atoms with van der Waals surface area (Å²) in [4.78, 5) is 37.9. The molecule has 1 fully saturated rings. The molecular weight excluding hydrogens is 430 g/mol. The summed E-state index contributed by atoms with van der Waals surface area (Å²) >= 11 is 0. The lowest BCUT2D eigenvalue weighted by Crippen LogP contribution is -2.48. The molecule has 1 aliphatic heterocycles. The number of aryl methyl sites for hydroxylation is 1. The Morgan fingerprint density at radius 2 is 1.79 bits per heavy atom. The van der Waals surface area contributed by atoms with Gasteiger partial charge in [-0.15, -0.1) is 0 Å². The molecule has 1 aliphatic carbocycles. The third-order valence-electron chi connectivity index (χ3n) is 6.91. The normalized spacial score (nSPS) is 18.2. The first-order valence-electron chi connectivity index (χ1n) is 11.9. The molecule has 0 radical (unpaired) electrons. The highest BCUT2D eigenvalue weighted by Crippen LogP contribution is 2.37. The van der Waals surface area contributed by atoms with E-state index in [0.29, 0.717) is 43.5 Å². The van der Waals surface area contributed by atoms with E-state index in [1.165, 1.54) is 5.56 Å². The Bertz CT molecular complexity index is 1230. The molecule has 178 valence electrons. The molecule has 5 rings (SSSR count). The van der Waals surface area contributed by atoms with Crippen LogP contribution >= 0.6 is 0 Å². The lowest BCUT2D eigenvalue weighted by atomic mass is 9.75. The van der Waals surface area contributed by atoms with Gasteiger partial charge in [-0.25, -0.2) is 0 Å². The van der Waals surface area contributed by atoms with Gasteiger partial charge >= 0.3 is 0 Å². The monoisotopic (exact) mass is 461 g/mol. The molecule has 0 spiro atoms. The van der Waals surface area contributed by atoms with Crippen LogP contribution in [0, 0.1) is 19.3 Å². The van der Waals surface area contributed by atoms with Crippen LogP contribution in [0.4, 0.5) is 0 Å². The van der Waals surface area contributed by atoms with Crippen molar-refractivity contribution in [3.05, 3.63) is 58.2 Å². The number of rotatable bonds is 4. The number of Topliss-reactive ketones (excluding diaryl/α,β-unsaturated/α-hetero) is 1. The zero-order chi connectivity index (χ0) is 24.0. The van der Waals surface area contributed by atoms with E-state index in [0.717, 1.165) is 41.9 Å². The molecule has 1 N–H and O–H groups in total. The predicted molar refractivity (Wildman–Crippen MR) is 128 cm³/mol. The number of piperazine rings is 1. The Hall–Kier alpha value is -3.26. The van der Waals surface area contributed by atoms with E-state index in [1.807, 2.05) is 43.0 Å². The lowest BCUT2D eigenvalue weighted by Gasteiger charge is -2.33. The molecule has 8 nitrogen and oxygen atoms in total. The second-order valence-electron chi connectivity index (χ2n) is 10.4. The first kappa shape index (κ1) is 22.5. The predicted octanol–water partition coefficient (Wildman–Crippen LogP) is 3.79. The number of nitrogens with zero attached hydrogens (tertiary/aromatic N) is 4. The van der Waals surface area contributed by atoms with Crippen molar-refractivity contribution in [1.82, 2.24) is 24.9 Å². The molecule has 1 saturated heterocycles. The van der Waals surface area contributed by atoms with E-state index in [4.69, 9.17) is 4.52 Å². The van der Waals surface area contributed by atoms with Gasteiger partial charge in [0.05, 0.1) is 6.54 Å². The zero-order valence-corrected chi connectivity index (χ0v) is 20.3. The topological polar surface area (TPSA) is 95.3 Å². The van der Waals surface area contributed by atoms with Crippen molar-refractivity contribution in [3.8, 4) is 11.4 Å². The molecule has 2 aromatic heterocycles. The second kappa shape index (κ2) is 8.51. The first-order valence-corrected chi connectivity index (χ1v) is 11.9. The van der Waals surface area contributed by atoms with Crippen LogP contribution in [0.25, 0.3) is 11.4 Å². The Labute approximate surface area is 199 Å². The lowest BCUT2D eigenvalue weighted by molar-refractivity contribution is 0.0609. The summed E-state index contributed by atoms with van der Waals surface area (Å²) in [6.07, 6.45) is 1.30. The fourth-order valence-electron chi connectivity index (χ4n) is 5.04. The van der Waals surface area contributed by atoms with Crippen LogP contribution in [0.15, 0.2) is 28.8 Å². The number of amides is 1. The van der Waals surface area contributed by atoms with Crippen molar-refractivity contribution >= 4 is 11.7 Å². The van der Waals surface area contributed by atoms with Gasteiger partial charge in [0.2, 0.25) is 11.7 Å². The Kier molecular flexibility index (Phi) is 5.64. The van der Waals surface area contributed by atoms with Gasteiger partial charge in [0.15, 0.2) is 5.78 Å². The molecule has 8 heteroatoms. The van der Waals surface area contributed by atoms with Gasteiger partial charge in [0, 0.05) is 49.4 Å². The van der Waals surface area contributed by atoms with E-state index >= 15 is 0 Å². The maximum absolute atomic E-state index is 13.3. The summed E-state index contributed by atoms with van der Waals surface area (Å²) in [5, 5.41) is 4.11. The quantitative estimate of drug-likeness (QED) is 0.635. The number of aromatic amines is 1. The minimum Gasteiger partial charge on any atom is -0.354 e. The van der Waals surface area contributed by atoms with Gasteiger partial charge in [-0.05, 0) is 31.2 Å². The van der Waals surface area contributed by atoms with Gasteiger partial charge in [-0.1, -0.05) is 48.8 Å². The fraction of sp³-hybridized carbons (Fsp3) is 0.462. The molecule has 1 aromatic carbocycles. The molecule has 3 aromatic rings. The van der Waals surface area contributed by atoms with Gasteiger partial charge < -0.3 is 14.4 Å².